The molecular weight excluding hydrogens is 234 g/mol. The highest BCUT2D eigenvalue weighted by Gasteiger charge is 2.52. The van der Waals surface area contributed by atoms with E-state index in [0.717, 1.165) is 19.3 Å². The summed E-state index contributed by atoms with van der Waals surface area (Å²) in [4.78, 5) is 25.9. The monoisotopic (exact) mass is 255 g/mol. The van der Waals surface area contributed by atoms with Crippen molar-refractivity contribution in [3.63, 3.8) is 0 Å². The van der Waals surface area contributed by atoms with Crippen LogP contribution in [-0.4, -0.2) is 29.0 Å². The summed E-state index contributed by atoms with van der Waals surface area (Å²) in [6, 6.07) is 0. The average molecular weight is 255 g/mol. The number of carbonyl (C=O) groups excluding carboxylic acids is 2. The Labute approximate surface area is 108 Å². The second-order valence-electron chi connectivity index (χ2n) is 5.53. The van der Waals surface area contributed by atoms with Gasteiger partial charge in [-0.3, -0.25) is 14.5 Å². The van der Waals surface area contributed by atoms with E-state index < -0.39 is 0 Å². The summed E-state index contributed by atoms with van der Waals surface area (Å²) < 4.78 is 0. The Morgan fingerprint density at radius 3 is 2.24 bits per heavy atom. The van der Waals surface area contributed by atoms with Crippen LogP contribution < -0.4 is 0 Å². The fourth-order valence-electron chi connectivity index (χ4n) is 3.08. The standard InChI is InChI=1S/C13H21NO2S/c1-3-9-4-10-11(5-9)13(16)14(12(10)15)6-8(2)7-17/h8-11,17H,3-7H2,1-2H3. The molecule has 3 nitrogen and oxygen atoms in total. The van der Waals surface area contributed by atoms with Gasteiger partial charge in [0.1, 0.15) is 0 Å². The van der Waals surface area contributed by atoms with Crippen molar-refractivity contribution in [2.75, 3.05) is 12.3 Å². The maximum atomic E-state index is 12.2. The molecule has 0 aromatic carbocycles. The van der Waals surface area contributed by atoms with Gasteiger partial charge in [0.05, 0.1) is 11.8 Å². The predicted octanol–water partition coefficient (Wildman–Crippen LogP) is 1.97. The normalized spacial score (nSPS) is 34.3. The maximum absolute atomic E-state index is 12.2. The van der Waals surface area contributed by atoms with Gasteiger partial charge in [-0.15, -0.1) is 0 Å². The van der Waals surface area contributed by atoms with Crippen LogP contribution in [0.15, 0.2) is 0 Å². The Morgan fingerprint density at radius 2 is 1.82 bits per heavy atom. The van der Waals surface area contributed by atoms with Crippen molar-refractivity contribution in [1.82, 2.24) is 4.90 Å². The Morgan fingerprint density at radius 1 is 1.29 bits per heavy atom. The molecule has 0 radical (unpaired) electrons. The number of hydrogen-bond donors (Lipinski definition) is 1. The Kier molecular flexibility index (Phi) is 3.81. The molecule has 1 saturated carbocycles. The second-order valence-corrected chi connectivity index (χ2v) is 5.90. The van der Waals surface area contributed by atoms with Gasteiger partial charge in [-0.25, -0.2) is 0 Å². The van der Waals surface area contributed by atoms with Crippen molar-refractivity contribution < 1.29 is 9.59 Å². The molecule has 1 heterocycles. The third-order valence-corrected chi connectivity index (χ3v) is 4.83. The smallest absolute Gasteiger partial charge is 0.233 e. The lowest BCUT2D eigenvalue weighted by molar-refractivity contribution is -0.141. The van der Waals surface area contributed by atoms with Crippen LogP contribution in [0.25, 0.3) is 0 Å². The predicted molar refractivity (Wildman–Crippen MR) is 69.7 cm³/mol. The van der Waals surface area contributed by atoms with Crippen LogP contribution in [0.5, 0.6) is 0 Å². The molecule has 2 aliphatic rings. The summed E-state index contributed by atoms with van der Waals surface area (Å²) in [5.74, 6) is 1.69. The van der Waals surface area contributed by atoms with Crippen molar-refractivity contribution in [3.8, 4) is 0 Å². The maximum Gasteiger partial charge on any atom is 0.233 e. The van der Waals surface area contributed by atoms with E-state index in [1.165, 1.54) is 4.90 Å². The van der Waals surface area contributed by atoms with Crippen LogP contribution in [0.1, 0.15) is 33.1 Å². The van der Waals surface area contributed by atoms with Crippen LogP contribution in [-0.2, 0) is 9.59 Å². The van der Waals surface area contributed by atoms with E-state index in [1.54, 1.807) is 0 Å². The zero-order valence-corrected chi connectivity index (χ0v) is 11.5. The molecule has 1 saturated heterocycles. The Hall–Kier alpha value is -0.510. The number of likely N-dealkylation sites (tertiary alicyclic amines) is 1. The van der Waals surface area contributed by atoms with E-state index >= 15 is 0 Å². The molecule has 3 unspecified atom stereocenters. The number of nitrogens with zero attached hydrogens (tertiary/aromatic N) is 1. The minimum absolute atomic E-state index is 0.0143. The average Bonchev–Trinajstić information content (AvgIpc) is 2.85. The molecular formula is C13H21NO2S. The summed E-state index contributed by atoms with van der Waals surface area (Å²) in [6.45, 7) is 4.71. The highest BCUT2D eigenvalue weighted by atomic mass is 32.1. The SMILES string of the molecule is CCC1CC2C(=O)N(CC(C)CS)C(=O)C2C1. The van der Waals surface area contributed by atoms with Crippen LogP contribution in [0.4, 0.5) is 0 Å². The van der Waals surface area contributed by atoms with Gasteiger partial charge >= 0.3 is 0 Å². The van der Waals surface area contributed by atoms with Crippen LogP contribution in [0.3, 0.4) is 0 Å². The largest absolute Gasteiger partial charge is 0.282 e. The molecule has 0 aromatic rings. The lowest BCUT2D eigenvalue weighted by Gasteiger charge is -2.20. The zero-order chi connectivity index (χ0) is 12.6. The molecule has 2 fully saturated rings. The molecule has 0 spiro atoms. The molecule has 0 bridgehead atoms. The van der Waals surface area contributed by atoms with E-state index in [4.69, 9.17) is 0 Å². The fourth-order valence-corrected chi connectivity index (χ4v) is 3.20. The first kappa shape index (κ1) is 12.9. The Balaban J connectivity index is 2.06. The van der Waals surface area contributed by atoms with E-state index in [1.807, 2.05) is 6.92 Å². The van der Waals surface area contributed by atoms with Crippen LogP contribution in [0, 0.1) is 23.7 Å². The van der Waals surface area contributed by atoms with Crippen molar-refractivity contribution in [1.29, 1.82) is 0 Å². The second kappa shape index (κ2) is 5.01. The quantitative estimate of drug-likeness (QED) is 0.616. The van der Waals surface area contributed by atoms with E-state index in [-0.39, 0.29) is 29.6 Å². The van der Waals surface area contributed by atoms with E-state index in [9.17, 15) is 9.59 Å². The van der Waals surface area contributed by atoms with Crippen molar-refractivity contribution in [2.45, 2.75) is 33.1 Å². The minimum atomic E-state index is -0.0143. The first-order valence-electron chi connectivity index (χ1n) is 6.54. The summed E-state index contributed by atoms with van der Waals surface area (Å²) in [5, 5.41) is 0. The molecule has 1 aliphatic carbocycles. The van der Waals surface area contributed by atoms with Crippen LogP contribution >= 0.6 is 12.6 Å². The van der Waals surface area contributed by atoms with Crippen LogP contribution in [0.2, 0.25) is 0 Å². The van der Waals surface area contributed by atoms with Gasteiger partial charge in [-0.2, -0.15) is 12.6 Å². The van der Waals surface area contributed by atoms with Crippen molar-refractivity contribution in [2.24, 2.45) is 23.7 Å². The third-order valence-electron chi connectivity index (χ3n) is 4.21. The summed E-state index contributed by atoms with van der Waals surface area (Å²) in [5.41, 5.74) is 0. The number of imide groups is 1. The highest BCUT2D eigenvalue weighted by Crippen LogP contribution is 2.44. The lowest BCUT2D eigenvalue weighted by Crippen LogP contribution is -2.36. The zero-order valence-electron chi connectivity index (χ0n) is 10.6. The molecule has 96 valence electrons. The van der Waals surface area contributed by atoms with Gasteiger partial charge < -0.3 is 0 Å². The van der Waals surface area contributed by atoms with Gasteiger partial charge in [0.25, 0.3) is 0 Å². The molecule has 0 aromatic heterocycles. The van der Waals surface area contributed by atoms with E-state index in [0.29, 0.717) is 18.2 Å². The fraction of sp³-hybridized carbons (Fsp3) is 0.846. The van der Waals surface area contributed by atoms with Crippen molar-refractivity contribution >= 4 is 24.4 Å². The number of fused-ring (bicyclic) bond motifs is 1. The number of thiol groups is 1. The molecule has 0 N–H and O–H groups in total. The number of rotatable bonds is 4. The third kappa shape index (κ3) is 2.24. The van der Waals surface area contributed by atoms with Gasteiger partial charge in [0, 0.05) is 6.54 Å². The lowest BCUT2D eigenvalue weighted by atomic mass is 10.00. The topological polar surface area (TPSA) is 37.4 Å². The minimum Gasteiger partial charge on any atom is -0.282 e. The summed E-state index contributed by atoms with van der Waals surface area (Å²) >= 11 is 4.21. The number of amides is 2. The molecule has 2 amide bonds. The number of carbonyl (C=O) groups is 2. The molecule has 17 heavy (non-hydrogen) atoms. The van der Waals surface area contributed by atoms with Crippen molar-refractivity contribution in [3.05, 3.63) is 0 Å². The number of hydrogen-bond acceptors (Lipinski definition) is 3. The molecule has 2 rings (SSSR count). The highest BCUT2D eigenvalue weighted by molar-refractivity contribution is 7.80. The van der Waals surface area contributed by atoms with Gasteiger partial charge in [-0.1, -0.05) is 20.3 Å². The van der Waals surface area contributed by atoms with Gasteiger partial charge in [0.2, 0.25) is 11.8 Å². The first-order valence-corrected chi connectivity index (χ1v) is 7.17. The molecule has 3 atom stereocenters. The van der Waals surface area contributed by atoms with Gasteiger partial charge in [0.15, 0.2) is 0 Å². The first-order chi connectivity index (χ1) is 8.08. The molecule has 4 heteroatoms. The molecule has 1 aliphatic heterocycles. The van der Waals surface area contributed by atoms with E-state index in [2.05, 4.69) is 19.6 Å². The van der Waals surface area contributed by atoms with Gasteiger partial charge in [-0.05, 0) is 30.4 Å². The summed E-state index contributed by atoms with van der Waals surface area (Å²) in [7, 11) is 0. The Bertz CT molecular complexity index is 307. The summed E-state index contributed by atoms with van der Waals surface area (Å²) in [6.07, 6.45) is 2.91.